The number of carbonyl (C=O) groups excluding carboxylic acids is 1. The third-order valence-electron chi connectivity index (χ3n) is 1.68. The molecule has 0 heterocycles. The molecule has 0 aromatic heterocycles. The van der Waals surface area contributed by atoms with E-state index in [1.165, 1.54) is 0 Å². The number of hydrogen-bond acceptors (Lipinski definition) is 1. The van der Waals surface area contributed by atoms with Gasteiger partial charge in [-0.05, 0) is 13.3 Å². The summed E-state index contributed by atoms with van der Waals surface area (Å²) in [5.41, 5.74) is 0. The van der Waals surface area contributed by atoms with E-state index in [9.17, 15) is 4.79 Å². The molecule has 0 aliphatic carbocycles. The molecule has 0 saturated carbocycles. The minimum atomic E-state index is -0.0781. The van der Waals surface area contributed by atoms with E-state index < -0.39 is 0 Å². The number of halogens is 1. The second-order valence-corrected chi connectivity index (χ2v) is 3.18. The maximum absolute atomic E-state index is 11.1. The highest BCUT2D eigenvalue weighted by Crippen LogP contribution is 1.99. The van der Waals surface area contributed by atoms with Gasteiger partial charge in [-0.25, -0.2) is 0 Å². The van der Waals surface area contributed by atoms with E-state index in [-0.39, 0.29) is 17.9 Å². The van der Waals surface area contributed by atoms with Crippen LogP contribution in [0.3, 0.4) is 0 Å². The van der Waals surface area contributed by atoms with Crippen molar-refractivity contribution in [1.82, 2.24) is 5.32 Å². The SMILES string of the molecule is CCC(C)NC(=O)C(C)CCl. The van der Waals surface area contributed by atoms with E-state index in [1.54, 1.807) is 0 Å². The Bertz CT molecular complexity index is 127. The lowest BCUT2D eigenvalue weighted by Crippen LogP contribution is -2.36. The van der Waals surface area contributed by atoms with Crippen LogP contribution < -0.4 is 5.32 Å². The zero-order valence-electron chi connectivity index (χ0n) is 7.36. The van der Waals surface area contributed by atoms with Gasteiger partial charge in [0.2, 0.25) is 5.91 Å². The normalized spacial score (nSPS) is 15.6. The van der Waals surface area contributed by atoms with Crippen LogP contribution in [0.1, 0.15) is 27.2 Å². The molecule has 1 N–H and O–H groups in total. The quantitative estimate of drug-likeness (QED) is 0.652. The van der Waals surface area contributed by atoms with Crippen LogP contribution in [0.2, 0.25) is 0 Å². The standard InChI is InChI=1S/C8H16ClNO/c1-4-7(3)10-8(11)6(2)5-9/h6-7H,4-5H2,1-3H3,(H,10,11). The van der Waals surface area contributed by atoms with Gasteiger partial charge in [0.1, 0.15) is 0 Å². The number of amides is 1. The van der Waals surface area contributed by atoms with Gasteiger partial charge in [0, 0.05) is 17.8 Å². The molecule has 0 aliphatic heterocycles. The Hall–Kier alpha value is -0.240. The predicted molar refractivity (Wildman–Crippen MR) is 47.8 cm³/mol. The van der Waals surface area contributed by atoms with Crippen molar-refractivity contribution in [3.8, 4) is 0 Å². The number of rotatable bonds is 4. The Morgan fingerprint density at radius 1 is 1.55 bits per heavy atom. The number of carbonyl (C=O) groups is 1. The molecular formula is C8H16ClNO. The second kappa shape index (κ2) is 5.42. The lowest BCUT2D eigenvalue weighted by atomic mass is 10.2. The first kappa shape index (κ1) is 10.8. The summed E-state index contributed by atoms with van der Waals surface area (Å²) in [6.45, 7) is 5.85. The smallest absolute Gasteiger partial charge is 0.224 e. The van der Waals surface area contributed by atoms with Gasteiger partial charge < -0.3 is 5.32 Å². The summed E-state index contributed by atoms with van der Waals surface area (Å²) in [7, 11) is 0. The summed E-state index contributed by atoms with van der Waals surface area (Å²) in [6.07, 6.45) is 0.959. The molecule has 2 nitrogen and oxygen atoms in total. The van der Waals surface area contributed by atoms with Gasteiger partial charge in [0.15, 0.2) is 0 Å². The molecule has 0 aromatic rings. The highest BCUT2D eigenvalue weighted by molar-refractivity contribution is 6.19. The Morgan fingerprint density at radius 2 is 2.09 bits per heavy atom. The molecule has 0 rings (SSSR count). The summed E-state index contributed by atoms with van der Waals surface area (Å²) in [6, 6.07) is 0.258. The molecule has 0 radical (unpaired) electrons. The van der Waals surface area contributed by atoms with Gasteiger partial charge in [-0.15, -0.1) is 11.6 Å². The largest absolute Gasteiger partial charge is 0.353 e. The van der Waals surface area contributed by atoms with E-state index in [4.69, 9.17) is 11.6 Å². The Kier molecular flexibility index (Phi) is 5.30. The third kappa shape index (κ3) is 4.25. The van der Waals surface area contributed by atoms with Crippen molar-refractivity contribution in [2.75, 3.05) is 5.88 Å². The lowest BCUT2D eigenvalue weighted by molar-refractivity contribution is -0.124. The molecule has 2 unspecified atom stereocenters. The van der Waals surface area contributed by atoms with Crippen LogP contribution in [-0.4, -0.2) is 17.8 Å². The average Bonchev–Trinajstić information content (AvgIpc) is 2.02. The summed E-state index contributed by atoms with van der Waals surface area (Å²) in [5, 5.41) is 2.86. The zero-order valence-corrected chi connectivity index (χ0v) is 8.11. The molecular weight excluding hydrogens is 162 g/mol. The van der Waals surface area contributed by atoms with Crippen molar-refractivity contribution in [3.05, 3.63) is 0 Å². The van der Waals surface area contributed by atoms with Crippen LogP contribution in [0.5, 0.6) is 0 Å². The molecule has 11 heavy (non-hydrogen) atoms. The Labute approximate surface area is 73.3 Å². The van der Waals surface area contributed by atoms with Gasteiger partial charge in [0.25, 0.3) is 0 Å². The molecule has 0 aromatic carbocycles. The highest BCUT2D eigenvalue weighted by Gasteiger charge is 2.12. The lowest BCUT2D eigenvalue weighted by Gasteiger charge is -2.13. The summed E-state index contributed by atoms with van der Waals surface area (Å²) in [5.74, 6) is 0.363. The average molecular weight is 178 g/mol. The van der Waals surface area contributed by atoms with Crippen LogP contribution in [0.25, 0.3) is 0 Å². The molecule has 0 fully saturated rings. The van der Waals surface area contributed by atoms with Crippen molar-refractivity contribution < 1.29 is 4.79 Å². The number of alkyl halides is 1. The Morgan fingerprint density at radius 3 is 2.45 bits per heavy atom. The van der Waals surface area contributed by atoms with Crippen LogP contribution >= 0.6 is 11.6 Å². The minimum Gasteiger partial charge on any atom is -0.353 e. The molecule has 0 saturated heterocycles. The van der Waals surface area contributed by atoms with E-state index in [2.05, 4.69) is 5.32 Å². The third-order valence-corrected chi connectivity index (χ3v) is 2.14. The van der Waals surface area contributed by atoms with E-state index in [0.717, 1.165) is 6.42 Å². The molecule has 3 heteroatoms. The van der Waals surface area contributed by atoms with E-state index in [1.807, 2.05) is 20.8 Å². The fourth-order valence-corrected chi connectivity index (χ4v) is 0.697. The van der Waals surface area contributed by atoms with Crippen LogP contribution in [0.4, 0.5) is 0 Å². The van der Waals surface area contributed by atoms with Gasteiger partial charge in [-0.1, -0.05) is 13.8 Å². The fraction of sp³-hybridized carbons (Fsp3) is 0.875. The van der Waals surface area contributed by atoms with Gasteiger partial charge in [-0.3, -0.25) is 4.79 Å². The first-order chi connectivity index (χ1) is 5.11. The van der Waals surface area contributed by atoms with E-state index >= 15 is 0 Å². The maximum Gasteiger partial charge on any atom is 0.224 e. The monoisotopic (exact) mass is 177 g/mol. The van der Waals surface area contributed by atoms with Crippen molar-refractivity contribution in [2.24, 2.45) is 5.92 Å². The number of nitrogens with one attached hydrogen (secondary N) is 1. The van der Waals surface area contributed by atoms with Crippen LogP contribution in [-0.2, 0) is 4.79 Å². The van der Waals surface area contributed by atoms with Crippen molar-refractivity contribution in [3.63, 3.8) is 0 Å². The summed E-state index contributed by atoms with van der Waals surface area (Å²) in [4.78, 5) is 11.1. The molecule has 0 spiro atoms. The molecule has 2 atom stereocenters. The van der Waals surface area contributed by atoms with Gasteiger partial charge in [0.05, 0.1) is 0 Å². The molecule has 0 bridgehead atoms. The number of hydrogen-bond donors (Lipinski definition) is 1. The van der Waals surface area contributed by atoms with Gasteiger partial charge in [-0.2, -0.15) is 0 Å². The zero-order chi connectivity index (χ0) is 8.85. The van der Waals surface area contributed by atoms with Crippen molar-refractivity contribution in [2.45, 2.75) is 33.2 Å². The minimum absolute atomic E-state index is 0.0503. The predicted octanol–water partition coefficient (Wildman–Crippen LogP) is 1.78. The van der Waals surface area contributed by atoms with E-state index in [0.29, 0.717) is 5.88 Å². The van der Waals surface area contributed by atoms with Crippen molar-refractivity contribution >= 4 is 17.5 Å². The molecule has 66 valence electrons. The topological polar surface area (TPSA) is 29.1 Å². The second-order valence-electron chi connectivity index (χ2n) is 2.87. The summed E-state index contributed by atoms with van der Waals surface area (Å²) < 4.78 is 0. The first-order valence-electron chi connectivity index (χ1n) is 3.98. The van der Waals surface area contributed by atoms with Crippen molar-refractivity contribution in [1.29, 1.82) is 0 Å². The van der Waals surface area contributed by atoms with Crippen LogP contribution in [0.15, 0.2) is 0 Å². The first-order valence-corrected chi connectivity index (χ1v) is 4.51. The van der Waals surface area contributed by atoms with Gasteiger partial charge >= 0.3 is 0 Å². The Balaban J connectivity index is 3.68. The molecule has 0 aliphatic rings. The maximum atomic E-state index is 11.1. The highest BCUT2D eigenvalue weighted by atomic mass is 35.5. The van der Waals surface area contributed by atoms with Crippen LogP contribution in [0, 0.1) is 5.92 Å². The summed E-state index contributed by atoms with van der Waals surface area (Å²) >= 11 is 5.51. The molecule has 1 amide bonds. The fourth-order valence-electron chi connectivity index (χ4n) is 0.557.